The molecule has 1 aliphatic heterocycles. The van der Waals surface area contributed by atoms with Gasteiger partial charge in [-0.3, -0.25) is 10.1 Å². The smallest absolute Gasteiger partial charge is 0.308 e. The quantitative estimate of drug-likeness (QED) is 0.643. The fourth-order valence-electron chi connectivity index (χ4n) is 2.14. The van der Waals surface area contributed by atoms with E-state index in [1.807, 2.05) is 26.0 Å². The van der Waals surface area contributed by atoms with Crippen molar-refractivity contribution in [3.8, 4) is 0 Å². The molecule has 1 aromatic rings. The first-order chi connectivity index (χ1) is 9.06. The zero-order valence-corrected chi connectivity index (χ0v) is 11.1. The van der Waals surface area contributed by atoms with Gasteiger partial charge in [-0.05, 0) is 25.5 Å². The van der Waals surface area contributed by atoms with E-state index in [0.717, 1.165) is 16.7 Å². The van der Waals surface area contributed by atoms with Crippen LogP contribution in [0.25, 0.3) is 6.08 Å². The van der Waals surface area contributed by atoms with Gasteiger partial charge in [0.1, 0.15) is 0 Å². The molecular weight excluding hydrogens is 242 g/mol. The first kappa shape index (κ1) is 13.1. The lowest BCUT2D eigenvalue weighted by Gasteiger charge is -2.01. The number of nitro groups is 1. The van der Waals surface area contributed by atoms with E-state index in [0.29, 0.717) is 18.9 Å². The molecule has 1 aromatic carbocycles. The largest absolute Gasteiger partial charge is 0.364 e. The molecule has 2 N–H and O–H groups in total. The monoisotopic (exact) mass is 259 g/mol. The van der Waals surface area contributed by atoms with E-state index < -0.39 is 0 Å². The lowest BCUT2D eigenvalue weighted by atomic mass is 10.1. The van der Waals surface area contributed by atoms with E-state index in [2.05, 4.69) is 16.7 Å². The van der Waals surface area contributed by atoms with Crippen molar-refractivity contribution in [2.45, 2.75) is 13.8 Å². The van der Waals surface area contributed by atoms with Gasteiger partial charge in [-0.25, -0.2) is 0 Å². The number of rotatable bonds is 3. The first-order valence-electron chi connectivity index (χ1n) is 6.19. The van der Waals surface area contributed by atoms with Gasteiger partial charge < -0.3 is 10.6 Å². The van der Waals surface area contributed by atoms with E-state index in [-0.39, 0.29) is 10.6 Å². The van der Waals surface area contributed by atoms with E-state index >= 15 is 0 Å². The molecular formula is C14H17N3O2. The average molecular weight is 259 g/mol. The average Bonchev–Trinajstić information content (AvgIpc) is 2.81. The van der Waals surface area contributed by atoms with Crippen LogP contribution < -0.4 is 10.6 Å². The molecule has 1 aliphatic rings. The molecule has 0 aromatic heterocycles. The van der Waals surface area contributed by atoms with Crippen LogP contribution in [0.15, 0.2) is 35.8 Å². The van der Waals surface area contributed by atoms with E-state index in [1.54, 1.807) is 6.08 Å². The first-order valence-corrected chi connectivity index (χ1v) is 6.19. The Labute approximate surface area is 112 Å². The molecule has 0 amide bonds. The van der Waals surface area contributed by atoms with Crippen LogP contribution in [0, 0.1) is 24.0 Å². The van der Waals surface area contributed by atoms with E-state index in [9.17, 15) is 10.1 Å². The second kappa shape index (κ2) is 5.56. The second-order valence-electron chi connectivity index (χ2n) is 4.63. The summed E-state index contributed by atoms with van der Waals surface area (Å²) < 4.78 is 0. The molecule has 5 nitrogen and oxygen atoms in total. The molecule has 1 heterocycles. The molecule has 0 saturated carbocycles. The predicted octanol–water partition coefficient (Wildman–Crippen LogP) is 1.96. The molecule has 100 valence electrons. The summed E-state index contributed by atoms with van der Waals surface area (Å²) >= 11 is 0. The third kappa shape index (κ3) is 3.34. The van der Waals surface area contributed by atoms with Crippen molar-refractivity contribution in [2.75, 3.05) is 13.1 Å². The number of hydrogen-bond donors (Lipinski definition) is 2. The summed E-state index contributed by atoms with van der Waals surface area (Å²) in [6.07, 6.45) is 3.31. The van der Waals surface area contributed by atoms with Crippen LogP contribution >= 0.6 is 0 Å². The van der Waals surface area contributed by atoms with Gasteiger partial charge in [-0.15, -0.1) is 0 Å². The van der Waals surface area contributed by atoms with Gasteiger partial charge in [0.05, 0.1) is 4.92 Å². The molecule has 1 saturated heterocycles. The number of aryl methyl sites for hydroxylation is 2. The molecule has 19 heavy (non-hydrogen) atoms. The van der Waals surface area contributed by atoms with Gasteiger partial charge in [0.25, 0.3) is 0 Å². The lowest BCUT2D eigenvalue weighted by Crippen LogP contribution is -2.16. The molecule has 0 atom stereocenters. The van der Waals surface area contributed by atoms with Gasteiger partial charge in [0.2, 0.25) is 0 Å². The van der Waals surface area contributed by atoms with Crippen LogP contribution in [0.3, 0.4) is 0 Å². The third-order valence-electron chi connectivity index (χ3n) is 2.86. The summed E-state index contributed by atoms with van der Waals surface area (Å²) in [5, 5.41) is 17.0. The zero-order chi connectivity index (χ0) is 13.8. The molecule has 5 heteroatoms. The van der Waals surface area contributed by atoms with Gasteiger partial charge in [-0.2, -0.15) is 0 Å². The van der Waals surface area contributed by atoms with Crippen molar-refractivity contribution < 1.29 is 4.92 Å². The summed E-state index contributed by atoms with van der Waals surface area (Å²) in [5.41, 5.74) is 3.33. The van der Waals surface area contributed by atoms with Crippen LogP contribution in [0.5, 0.6) is 0 Å². The Balaban J connectivity index is 2.28. The molecule has 0 unspecified atom stereocenters. The van der Waals surface area contributed by atoms with Crippen LogP contribution in [0.2, 0.25) is 0 Å². The summed E-state index contributed by atoms with van der Waals surface area (Å²) in [6.45, 7) is 5.45. The van der Waals surface area contributed by atoms with Crippen molar-refractivity contribution in [2.24, 2.45) is 0 Å². The van der Waals surface area contributed by atoms with Crippen LogP contribution in [-0.2, 0) is 0 Å². The molecule has 0 radical (unpaired) electrons. The SMILES string of the molecule is Cc1cc(C)cc(/C=C/C(=C2NCCN2)[N+](=O)[O-])c1. The predicted molar refractivity (Wildman–Crippen MR) is 75.0 cm³/mol. The maximum atomic E-state index is 11.1. The molecule has 0 spiro atoms. The minimum atomic E-state index is -0.375. The number of benzene rings is 1. The molecule has 2 rings (SSSR count). The van der Waals surface area contributed by atoms with E-state index in [4.69, 9.17) is 0 Å². The fraction of sp³-hybridized carbons (Fsp3) is 0.286. The number of hydrogen-bond acceptors (Lipinski definition) is 4. The Morgan fingerprint density at radius 3 is 2.32 bits per heavy atom. The summed E-state index contributed by atoms with van der Waals surface area (Å²) in [5.74, 6) is 0.491. The summed E-state index contributed by atoms with van der Waals surface area (Å²) in [4.78, 5) is 10.7. The highest BCUT2D eigenvalue weighted by Crippen LogP contribution is 2.13. The van der Waals surface area contributed by atoms with Crippen molar-refractivity contribution >= 4 is 6.08 Å². The van der Waals surface area contributed by atoms with Crippen LogP contribution in [0.4, 0.5) is 0 Å². The summed E-state index contributed by atoms with van der Waals surface area (Å²) in [7, 11) is 0. The Bertz CT molecular complexity index is 534. The number of allylic oxidation sites excluding steroid dienone is 1. The van der Waals surface area contributed by atoms with Gasteiger partial charge >= 0.3 is 5.70 Å². The standard InChI is InChI=1S/C14H17N3O2/c1-10-7-11(2)9-12(8-10)3-4-13(17(18)19)14-15-5-6-16-14/h3-4,7-9,15-16H,5-6H2,1-2H3/b4-3+. The third-order valence-corrected chi connectivity index (χ3v) is 2.86. The number of nitrogens with zero attached hydrogens (tertiary/aromatic N) is 1. The van der Waals surface area contributed by atoms with Gasteiger partial charge in [-0.1, -0.05) is 29.3 Å². The molecule has 1 fully saturated rings. The highest BCUT2D eigenvalue weighted by molar-refractivity contribution is 5.54. The lowest BCUT2D eigenvalue weighted by molar-refractivity contribution is -0.420. The van der Waals surface area contributed by atoms with Gasteiger partial charge in [0, 0.05) is 19.2 Å². The maximum Gasteiger partial charge on any atom is 0.308 e. The van der Waals surface area contributed by atoms with Crippen LogP contribution in [0.1, 0.15) is 16.7 Å². The molecule has 0 aliphatic carbocycles. The van der Waals surface area contributed by atoms with Crippen molar-refractivity contribution in [3.05, 3.63) is 62.6 Å². The highest BCUT2D eigenvalue weighted by Gasteiger charge is 2.18. The van der Waals surface area contributed by atoms with Crippen molar-refractivity contribution in [3.63, 3.8) is 0 Å². The van der Waals surface area contributed by atoms with Gasteiger partial charge in [0.15, 0.2) is 5.82 Å². The Kier molecular flexibility index (Phi) is 3.85. The summed E-state index contributed by atoms with van der Waals surface area (Å²) in [6, 6.07) is 6.08. The normalized spacial score (nSPS) is 14.3. The second-order valence-corrected chi connectivity index (χ2v) is 4.63. The maximum absolute atomic E-state index is 11.1. The van der Waals surface area contributed by atoms with Crippen LogP contribution in [-0.4, -0.2) is 18.0 Å². The number of nitrogens with one attached hydrogen (secondary N) is 2. The van der Waals surface area contributed by atoms with Crippen molar-refractivity contribution in [1.29, 1.82) is 0 Å². The minimum absolute atomic E-state index is 0.0664. The Morgan fingerprint density at radius 1 is 1.21 bits per heavy atom. The van der Waals surface area contributed by atoms with Crippen molar-refractivity contribution in [1.82, 2.24) is 10.6 Å². The Morgan fingerprint density at radius 2 is 1.79 bits per heavy atom. The van der Waals surface area contributed by atoms with E-state index in [1.165, 1.54) is 6.08 Å². The molecule has 0 bridgehead atoms. The highest BCUT2D eigenvalue weighted by atomic mass is 16.6. The fourth-order valence-corrected chi connectivity index (χ4v) is 2.14. The Hall–Kier alpha value is -2.30. The zero-order valence-electron chi connectivity index (χ0n) is 11.1. The topological polar surface area (TPSA) is 67.2 Å². The minimum Gasteiger partial charge on any atom is -0.364 e.